The maximum atomic E-state index is 12.6. The molecule has 8 heteroatoms. The second-order valence-electron chi connectivity index (χ2n) is 6.26. The third-order valence-corrected chi connectivity index (χ3v) is 5.50. The first kappa shape index (κ1) is 19.0. The SMILES string of the molecule is COc1ccc(CNC(=O)C2CCN(S(C)(=O)=O)c3ccccc3O2)cc1. The van der Waals surface area contributed by atoms with Crippen molar-refractivity contribution in [2.45, 2.75) is 19.1 Å². The van der Waals surface area contributed by atoms with Crippen LogP contribution in [0.15, 0.2) is 48.5 Å². The topological polar surface area (TPSA) is 84.9 Å². The zero-order valence-corrected chi connectivity index (χ0v) is 16.0. The molecular formula is C19H22N2O5S. The largest absolute Gasteiger partial charge is 0.497 e. The maximum absolute atomic E-state index is 12.6. The number of hydrogen-bond donors (Lipinski definition) is 1. The highest BCUT2D eigenvalue weighted by atomic mass is 32.2. The molecule has 2 aromatic rings. The fraction of sp³-hybridized carbons (Fsp3) is 0.316. The van der Waals surface area contributed by atoms with E-state index in [0.717, 1.165) is 17.6 Å². The summed E-state index contributed by atoms with van der Waals surface area (Å²) < 4.78 is 36.4. The molecule has 1 heterocycles. The molecule has 0 aliphatic carbocycles. The van der Waals surface area contributed by atoms with Crippen molar-refractivity contribution in [2.24, 2.45) is 0 Å². The number of hydrogen-bond acceptors (Lipinski definition) is 5. The first-order valence-electron chi connectivity index (χ1n) is 8.52. The minimum Gasteiger partial charge on any atom is -0.497 e. The van der Waals surface area contributed by atoms with Crippen LogP contribution in [0.25, 0.3) is 0 Å². The van der Waals surface area contributed by atoms with Crippen molar-refractivity contribution in [2.75, 3.05) is 24.2 Å². The van der Waals surface area contributed by atoms with Crippen molar-refractivity contribution in [1.82, 2.24) is 5.32 Å². The normalized spacial score (nSPS) is 16.7. The highest BCUT2D eigenvalue weighted by Crippen LogP contribution is 2.33. The molecule has 1 unspecified atom stereocenters. The number of ether oxygens (including phenoxy) is 2. The molecule has 0 fully saturated rings. The van der Waals surface area contributed by atoms with E-state index in [1.165, 1.54) is 4.31 Å². The third kappa shape index (κ3) is 4.51. The number of para-hydroxylation sites is 2. The zero-order chi connectivity index (χ0) is 19.4. The van der Waals surface area contributed by atoms with Gasteiger partial charge in [-0.2, -0.15) is 0 Å². The molecule has 0 saturated heterocycles. The number of benzene rings is 2. The van der Waals surface area contributed by atoms with Crippen LogP contribution in [0, 0.1) is 0 Å². The molecule has 0 saturated carbocycles. The van der Waals surface area contributed by atoms with Crippen LogP contribution in [0.3, 0.4) is 0 Å². The van der Waals surface area contributed by atoms with E-state index >= 15 is 0 Å². The van der Waals surface area contributed by atoms with Crippen molar-refractivity contribution in [3.05, 3.63) is 54.1 Å². The van der Waals surface area contributed by atoms with Crippen LogP contribution in [-0.4, -0.2) is 40.3 Å². The van der Waals surface area contributed by atoms with Crippen LogP contribution in [-0.2, 0) is 21.4 Å². The molecule has 0 radical (unpaired) electrons. The van der Waals surface area contributed by atoms with Gasteiger partial charge < -0.3 is 14.8 Å². The number of rotatable bonds is 5. The van der Waals surface area contributed by atoms with Gasteiger partial charge in [0.25, 0.3) is 5.91 Å². The highest BCUT2D eigenvalue weighted by molar-refractivity contribution is 7.92. The van der Waals surface area contributed by atoms with Gasteiger partial charge in [-0.15, -0.1) is 0 Å². The number of amides is 1. The Morgan fingerprint density at radius 3 is 2.59 bits per heavy atom. The Balaban J connectivity index is 1.71. The lowest BCUT2D eigenvalue weighted by Gasteiger charge is -2.20. The van der Waals surface area contributed by atoms with Crippen LogP contribution in [0.2, 0.25) is 0 Å². The monoisotopic (exact) mass is 390 g/mol. The summed E-state index contributed by atoms with van der Waals surface area (Å²) in [4.78, 5) is 12.6. The molecule has 1 atom stereocenters. The summed E-state index contributed by atoms with van der Waals surface area (Å²) in [7, 11) is -1.87. The minimum absolute atomic E-state index is 0.177. The van der Waals surface area contributed by atoms with Gasteiger partial charge in [-0.25, -0.2) is 8.42 Å². The number of carbonyl (C=O) groups excluding carboxylic acids is 1. The third-order valence-electron chi connectivity index (χ3n) is 4.32. The summed E-state index contributed by atoms with van der Waals surface area (Å²) in [5, 5.41) is 2.85. The lowest BCUT2D eigenvalue weighted by Crippen LogP contribution is -2.39. The number of methoxy groups -OCH3 is 1. The first-order chi connectivity index (χ1) is 12.9. The van der Waals surface area contributed by atoms with Gasteiger partial charge in [0, 0.05) is 19.5 Å². The molecule has 144 valence electrons. The predicted molar refractivity (Wildman–Crippen MR) is 103 cm³/mol. The second-order valence-corrected chi connectivity index (χ2v) is 8.17. The van der Waals surface area contributed by atoms with E-state index in [-0.39, 0.29) is 18.9 Å². The fourth-order valence-electron chi connectivity index (χ4n) is 2.91. The van der Waals surface area contributed by atoms with Crippen LogP contribution in [0.1, 0.15) is 12.0 Å². The number of sulfonamides is 1. The van der Waals surface area contributed by atoms with E-state index < -0.39 is 16.1 Å². The summed E-state index contributed by atoms with van der Waals surface area (Å²) >= 11 is 0. The molecule has 0 bridgehead atoms. The van der Waals surface area contributed by atoms with Crippen molar-refractivity contribution >= 4 is 21.6 Å². The highest BCUT2D eigenvalue weighted by Gasteiger charge is 2.30. The van der Waals surface area contributed by atoms with Gasteiger partial charge in [0.15, 0.2) is 6.10 Å². The minimum atomic E-state index is -3.46. The average Bonchev–Trinajstić information content (AvgIpc) is 2.86. The quantitative estimate of drug-likeness (QED) is 0.843. The van der Waals surface area contributed by atoms with E-state index in [1.54, 1.807) is 31.4 Å². The van der Waals surface area contributed by atoms with Crippen molar-refractivity contribution in [3.8, 4) is 11.5 Å². The van der Waals surface area contributed by atoms with E-state index in [9.17, 15) is 13.2 Å². The Morgan fingerprint density at radius 1 is 1.22 bits per heavy atom. The molecule has 0 spiro atoms. The van der Waals surface area contributed by atoms with Gasteiger partial charge in [0.1, 0.15) is 11.5 Å². The molecule has 1 amide bonds. The predicted octanol–water partition coefficient (Wildman–Crippen LogP) is 1.93. The van der Waals surface area contributed by atoms with Crippen LogP contribution in [0.4, 0.5) is 5.69 Å². The molecule has 2 aromatic carbocycles. The summed E-state index contributed by atoms with van der Waals surface area (Å²) in [6.07, 6.45) is 0.639. The van der Waals surface area contributed by atoms with Gasteiger partial charge in [-0.1, -0.05) is 24.3 Å². The number of anilines is 1. The number of carbonyl (C=O) groups is 1. The molecular weight excluding hydrogens is 368 g/mol. The standard InChI is InChI=1S/C19H22N2O5S/c1-25-15-9-7-14(8-10-15)13-20-19(22)18-11-12-21(27(2,23)24)16-5-3-4-6-17(16)26-18/h3-10,18H,11-13H2,1-2H3,(H,20,22). The van der Waals surface area contributed by atoms with Gasteiger partial charge in [-0.3, -0.25) is 9.10 Å². The van der Waals surface area contributed by atoms with Gasteiger partial charge in [0.05, 0.1) is 19.1 Å². The van der Waals surface area contributed by atoms with E-state index in [1.807, 2.05) is 24.3 Å². The zero-order valence-electron chi connectivity index (χ0n) is 15.2. The van der Waals surface area contributed by atoms with E-state index in [0.29, 0.717) is 18.0 Å². The Kier molecular flexibility index (Phi) is 5.55. The Labute approximate surface area is 158 Å². The van der Waals surface area contributed by atoms with Gasteiger partial charge >= 0.3 is 0 Å². The Morgan fingerprint density at radius 2 is 1.93 bits per heavy atom. The lowest BCUT2D eigenvalue weighted by molar-refractivity contribution is -0.128. The van der Waals surface area contributed by atoms with E-state index in [4.69, 9.17) is 9.47 Å². The Bertz CT molecular complexity index is 912. The molecule has 1 N–H and O–H groups in total. The number of nitrogens with one attached hydrogen (secondary N) is 1. The van der Waals surface area contributed by atoms with Crippen molar-refractivity contribution < 1.29 is 22.7 Å². The average molecular weight is 390 g/mol. The van der Waals surface area contributed by atoms with Gasteiger partial charge in [0.2, 0.25) is 10.0 Å². The number of fused-ring (bicyclic) bond motifs is 1. The van der Waals surface area contributed by atoms with E-state index in [2.05, 4.69) is 5.32 Å². The fourth-order valence-corrected chi connectivity index (χ4v) is 3.85. The Hall–Kier alpha value is -2.74. The summed E-state index contributed by atoms with van der Waals surface area (Å²) in [5.41, 5.74) is 1.38. The summed E-state index contributed by atoms with van der Waals surface area (Å²) in [6, 6.07) is 14.2. The van der Waals surface area contributed by atoms with Crippen molar-refractivity contribution in [1.29, 1.82) is 0 Å². The molecule has 1 aliphatic heterocycles. The first-order valence-corrected chi connectivity index (χ1v) is 10.4. The van der Waals surface area contributed by atoms with Crippen LogP contribution < -0.4 is 19.1 Å². The molecule has 3 rings (SSSR count). The molecule has 7 nitrogen and oxygen atoms in total. The summed E-state index contributed by atoms with van der Waals surface area (Å²) in [5.74, 6) is 0.843. The number of nitrogens with zero attached hydrogens (tertiary/aromatic N) is 1. The van der Waals surface area contributed by atoms with Crippen LogP contribution >= 0.6 is 0 Å². The van der Waals surface area contributed by atoms with Gasteiger partial charge in [-0.05, 0) is 29.8 Å². The summed E-state index contributed by atoms with van der Waals surface area (Å²) in [6.45, 7) is 0.524. The smallest absolute Gasteiger partial charge is 0.261 e. The maximum Gasteiger partial charge on any atom is 0.261 e. The van der Waals surface area contributed by atoms with Crippen LogP contribution in [0.5, 0.6) is 11.5 Å². The molecule has 0 aromatic heterocycles. The molecule has 1 aliphatic rings. The molecule has 27 heavy (non-hydrogen) atoms. The second kappa shape index (κ2) is 7.87. The lowest BCUT2D eigenvalue weighted by atomic mass is 10.2. The van der Waals surface area contributed by atoms with Crippen molar-refractivity contribution in [3.63, 3.8) is 0 Å².